The number of benzene rings is 1. The molecule has 2 aromatic rings. The van der Waals surface area contributed by atoms with Crippen molar-refractivity contribution in [3.05, 3.63) is 29.8 Å². The highest BCUT2D eigenvalue weighted by molar-refractivity contribution is 5.90. The molecule has 7 heteroatoms. The first-order valence-corrected chi connectivity index (χ1v) is 6.22. The molecule has 0 bridgehead atoms. The van der Waals surface area contributed by atoms with Gasteiger partial charge in [0.25, 0.3) is 5.91 Å². The van der Waals surface area contributed by atoms with Gasteiger partial charge in [-0.3, -0.25) is 10.1 Å². The Bertz CT molecular complexity index is 565. The summed E-state index contributed by atoms with van der Waals surface area (Å²) in [5, 5.41) is 8.86. The molecule has 7 nitrogen and oxygen atoms in total. The lowest BCUT2D eigenvalue weighted by molar-refractivity contribution is -0.118. The number of hydrogen-bond acceptors (Lipinski definition) is 5. The molecule has 1 heterocycles. The minimum absolute atomic E-state index is 0.103. The Morgan fingerprint density at radius 3 is 2.75 bits per heavy atom. The number of rotatable bonds is 6. The van der Waals surface area contributed by atoms with Crippen LogP contribution in [-0.4, -0.2) is 34.3 Å². The van der Waals surface area contributed by atoms with E-state index in [1.54, 1.807) is 0 Å². The third-order valence-electron chi connectivity index (χ3n) is 2.39. The second-order valence-corrected chi connectivity index (χ2v) is 4.05. The first-order chi connectivity index (χ1) is 9.67. The predicted molar refractivity (Wildman–Crippen MR) is 72.9 cm³/mol. The van der Waals surface area contributed by atoms with E-state index in [1.165, 1.54) is 0 Å². The van der Waals surface area contributed by atoms with Crippen molar-refractivity contribution in [2.45, 2.75) is 13.8 Å². The number of anilines is 1. The van der Waals surface area contributed by atoms with E-state index in [9.17, 15) is 4.79 Å². The minimum atomic E-state index is -0.329. The van der Waals surface area contributed by atoms with Gasteiger partial charge in [0.1, 0.15) is 5.75 Å². The summed E-state index contributed by atoms with van der Waals surface area (Å²) < 4.78 is 10.4. The number of carbonyl (C=O) groups is 1. The Balaban J connectivity index is 1.81. The number of nitrogens with zero attached hydrogens (tertiary/aromatic N) is 2. The van der Waals surface area contributed by atoms with Gasteiger partial charge in [-0.2, -0.15) is 4.98 Å². The first-order valence-electron chi connectivity index (χ1n) is 6.22. The number of hydrogen-bond donors (Lipinski definition) is 2. The van der Waals surface area contributed by atoms with Crippen LogP contribution >= 0.6 is 0 Å². The number of H-pyrrole nitrogens is 1. The van der Waals surface area contributed by atoms with E-state index < -0.39 is 0 Å². The number of aryl methyl sites for hydroxylation is 1. The van der Waals surface area contributed by atoms with E-state index in [1.807, 2.05) is 38.1 Å². The van der Waals surface area contributed by atoms with Crippen LogP contribution in [-0.2, 0) is 4.79 Å². The summed E-state index contributed by atoms with van der Waals surface area (Å²) in [5.74, 6) is 0.536. The molecule has 0 spiro atoms. The van der Waals surface area contributed by atoms with Crippen LogP contribution in [0.2, 0.25) is 0 Å². The van der Waals surface area contributed by atoms with Crippen molar-refractivity contribution in [1.29, 1.82) is 0 Å². The van der Waals surface area contributed by atoms with Crippen molar-refractivity contribution in [1.82, 2.24) is 15.2 Å². The van der Waals surface area contributed by atoms with E-state index in [0.717, 1.165) is 5.56 Å². The SMILES string of the molecule is CCOc1n[nH]c(NC(=O)COc2ccc(C)cc2)n1. The van der Waals surface area contributed by atoms with E-state index in [0.29, 0.717) is 12.4 Å². The fourth-order valence-electron chi connectivity index (χ4n) is 1.45. The monoisotopic (exact) mass is 276 g/mol. The molecular formula is C13H16N4O3. The van der Waals surface area contributed by atoms with Gasteiger partial charge in [-0.1, -0.05) is 17.7 Å². The maximum Gasteiger partial charge on any atom is 0.337 e. The standard InChI is InChI=1S/C13H16N4O3/c1-3-19-13-15-12(16-17-13)14-11(18)8-20-10-6-4-9(2)5-7-10/h4-7H,3,8H2,1-2H3,(H2,14,15,16,17,18). The van der Waals surface area contributed by atoms with Crippen molar-refractivity contribution in [2.24, 2.45) is 0 Å². The maximum atomic E-state index is 11.7. The number of amides is 1. The summed E-state index contributed by atoms with van der Waals surface area (Å²) in [5.41, 5.74) is 1.13. The zero-order valence-corrected chi connectivity index (χ0v) is 11.3. The molecule has 0 aliphatic heterocycles. The molecule has 1 amide bonds. The predicted octanol–water partition coefficient (Wildman–Crippen LogP) is 1.53. The zero-order chi connectivity index (χ0) is 14.4. The van der Waals surface area contributed by atoms with Crippen molar-refractivity contribution in [3.63, 3.8) is 0 Å². The minimum Gasteiger partial charge on any atom is -0.484 e. The molecule has 0 atom stereocenters. The molecule has 0 fully saturated rings. The van der Waals surface area contributed by atoms with Gasteiger partial charge in [0.05, 0.1) is 6.61 Å². The Kier molecular flexibility index (Phi) is 4.54. The van der Waals surface area contributed by atoms with Crippen LogP contribution in [0.3, 0.4) is 0 Å². The van der Waals surface area contributed by atoms with Gasteiger partial charge in [0.2, 0.25) is 5.95 Å². The van der Waals surface area contributed by atoms with Gasteiger partial charge >= 0.3 is 6.01 Å². The quantitative estimate of drug-likeness (QED) is 0.835. The molecule has 106 valence electrons. The first kappa shape index (κ1) is 13.9. The van der Waals surface area contributed by atoms with Crippen LogP contribution in [0.25, 0.3) is 0 Å². The number of aromatic amines is 1. The highest BCUT2D eigenvalue weighted by atomic mass is 16.5. The van der Waals surface area contributed by atoms with E-state index in [4.69, 9.17) is 9.47 Å². The molecule has 0 aliphatic carbocycles. The second-order valence-electron chi connectivity index (χ2n) is 4.05. The molecule has 1 aromatic heterocycles. The van der Waals surface area contributed by atoms with Crippen molar-refractivity contribution in [3.8, 4) is 11.8 Å². The summed E-state index contributed by atoms with van der Waals surface area (Å²) in [6.07, 6.45) is 0. The Labute approximate surface area is 116 Å². The summed E-state index contributed by atoms with van der Waals surface area (Å²) in [4.78, 5) is 15.6. The molecule has 2 N–H and O–H groups in total. The van der Waals surface area contributed by atoms with Crippen LogP contribution in [0, 0.1) is 6.92 Å². The summed E-state index contributed by atoms with van der Waals surface area (Å²) in [6, 6.07) is 7.65. The smallest absolute Gasteiger partial charge is 0.337 e. The van der Waals surface area contributed by atoms with Gasteiger partial charge in [-0.25, -0.2) is 5.10 Å². The molecule has 0 saturated carbocycles. The van der Waals surface area contributed by atoms with Gasteiger partial charge in [-0.05, 0) is 26.0 Å². The van der Waals surface area contributed by atoms with E-state index >= 15 is 0 Å². The molecule has 0 saturated heterocycles. The van der Waals surface area contributed by atoms with Crippen LogP contribution in [0.5, 0.6) is 11.8 Å². The van der Waals surface area contributed by atoms with Crippen LogP contribution in [0.15, 0.2) is 24.3 Å². The average Bonchev–Trinajstić information content (AvgIpc) is 2.86. The lowest BCUT2D eigenvalue weighted by atomic mass is 10.2. The fraction of sp³-hybridized carbons (Fsp3) is 0.308. The van der Waals surface area contributed by atoms with Gasteiger partial charge < -0.3 is 9.47 Å². The Morgan fingerprint density at radius 1 is 1.30 bits per heavy atom. The highest BCUT2D eigenvalue weighted by Gasteiger charge is 2.08. The van der Waals surface area contributed by atoms with Crippen LogP contribution < -0.4 is 14.8 Å². The van der Waals surface area contributed by atoms with Crippen molar-refractivity contribution >= 4 is 11.9 Å². The third-order valence-corrected chi connectivity index (χ3v) is 2.39. The topological polar surface area (TPSA) is 89.1 Å². The molecule has 0 aliphatic rings. The van der Waals surface area contributed by atoms with Crippen molar-refractivity contribution in [2.75, 3.05) is 18.5 Å². The number of carbonyl (C=O) groups excluding carboxylic acids is 1. The lowest BCUT2D eigenvalue weighted by Crippen LogP contribution is -2.20. The Morgan fingerprint density at radius 2 is 2.05 bits per heavy atom. The van der Waals surface area contributed by atoms with E-state index in [2.05, 4.69) is 20.5 Å². The third kappa shape index (κ3) is 3.98. The molecule has 0 unspecified atom stereocenters. The van der Waals surface area contributed by atoms with Gasteiger partial charge in [0.15, 0.2) is 6.61 Å². The second kappa shape index (κ2) is 6.55. The summed E-state index contributed by atoms with van der Waals surface area (Å²) in [6.45, 7) is 4.16. The summed E-state index contributed by atoms with van der Waals surface area (Å²) >= 11 is 0. The van der Waals surface area contributed by atoms with Crippen LogP contribution in [0.1, 0.15) is 12.5 Å². The van der Waals surface area contributed by atoms with Crippen molar-refractivity contribution < 1.29 is 14.3 Å². The average molecular weight is 276 g/mol. The normalized spacial score (nSPS) is 10.1. The maximum absolute atomic E-state index is 11.7. The van der Waals surface area contributed by atoms with Crippen LogP contribution in [0.4, 0.5) is 5.95 Å². The Hall–Kier alpha value is -2.57. The number of aromatic nitrogens is 3. The molecule has 0 radical (unpaired) electrons. The van der Waals surface area contributed by atoms with Gasteiger partial charge in [0, 0.05) is 0 Å². The van der Waals surface area contributed by atoms with E-state index in [-0.39, 0.29) is 24.5 Å². The van der Waals surface area contributed by atoms with Gasteiger partial charge in [-0.15, -0.1) is 5.10 Å². The number of ether oxygens (including phenoxy) is 2. The molecule has 20 heavy (non-hydrogen) atoms. The molecular weight excluding hydrogens is 260 g/mol. The zero-order valence-electron chi connectivity index (χ0n) is 11.3. The fourth-order valence-corrected chi connectivity index (χ4v) is 1.45. The molecule has 2 rings (SSSR count). The largest absolute Gasteiger partial charge is 0.484 e. The highest BCUT2D eigenvalue weighted by Crippen LogP contribution is 2.11. The lowest BCUT2D eigenvalue weighted by Gasteiger charge is -2.05. The molecule has 1 aromatic carbocycles. The number of nitrogens with one attached hydrogen (secondary N) is 2. The summed E-state index contributed by atoms with van der Waals surface area (Å²) in [7, 11) is 0.